The highest BCUT2D eigenvalue weighted by atomic mass is 79.9. The quantitative estimate of drug-likeness (QED) is 0.918. The third-order valence-corrected chi connectivity index (χ3v) is 4.22. The Kier molecular flexibility index (Phi) is 5.05. The Morgan fingerprint density at radius 3 is 2.63 bits per heavy atom. The predicted octanol–water partition coefficient (Wildman–Crippen LogP) is 3.29. The van der Waals surface area contributed by atoms with Gasteiger partial charge in [0.05, 0.1) is 14.2 Å². The number of hydrogen-bond donors (Lipinski definition) is 1. The van der Waals surface area contributed by atoms with Gasteiger partial charge in [-0.15, -0.1) is 0 Å². The van der Waals surface area contributed by atoms with Crippen molar-refractivity contribution in [2.24, 2.45) is 0 Å². The fourth-order valence-corrected chi connectivity index (χ4v) is 3.32. The van der Waals surface area contributed by atoms with Crippen LogP contribution in [0.5, 0.6) is 11.5 Å². The predicted molar refractivity (Wildman–Crippen MR) is 76.5 cm³/mol. The molecule has 1 aliphatic heterocycles. The molecule has 1 saturated heterocycles. The number of nitrogens with one attached hydrogen (secondary N) is 1. The summed E-state index contributed by atoms with van der Waals surface area (Å²) in [6.45, 7) is 1.03. The standard InChI is InChI=1S/C14H19BrFNO2/c1-18-13-9(7-10-5-3-4-6-17-10)8-11(16)14(19-2)12(13)15/h8,10,17H,3-7H2,1-2H3. The maximum atomic E-state index is 14.0. The summed E-state index contributed by atoms with van der Waals surface area (Å²) < 4.78 is 24.9. The van der Waals surface area contributed by atoms with Gasteiger partial charge < -0.3 is 14.8 Å². The number of halogens is 2. The van der Waals surface area contributed by atoms with Crippen molar-refractivity contribution in [1.29, 1.82) is 0 Å². The maximum Gasteiger partial charge on any atom is 0.172 e. The monoisotopic (exact) mass is 331 g/mol. The van der Waals surface area contributed by atoms with Gasteiger partial charge in [0.2, 0.25) is 0 Å². The fraction of sp³-hybridized carbons (Fsp3) is 0.571. The van der Waals surface area contributed by atoms with E-state index < -0.39 is 0 Å². The number of hydrogen-bond acceptors (Lipinski definition) is 3. The van der Waals surface area contributed by atoms with E-state index in [1.807, 2.05) is 0 Å². The summed E-state index contributed by atoms with van der Waals surface area (Å²) in [6.07, 6.45) is 4.32. The topological polar surface area (TPSA) is 30.5 Å². The molecule has 1 aliphatic rings. The molecule has 0 aromatic heterocycles. The molecule has 0 bridgehead atoms. The minimum absolute atomic E-state index is 0.192. The van der Waals surface area contributed by atoms with Gasteiger partial charge in [0, 0.05) is 11.6 Å². The summed E-state index contributed by atoms with van der Waals surface area (Å²) in [6, 6.07) is 1.90. The van der Waals surface area contributed by atoms with E-state index in [2.05, 4.69) is 21.2 Å². The van der Waals surface area contributed by atoms with E-state index >= 15 is 0 Å². The van der Waals surface area contributed by atoms with Gasteiger partial charge in [0.1, 0.15) is 10.2 Å². The molecule has 1 N–H and O–H groups in total. The Morgan fingerprint density at radius 2 is 2.05 bits per heavy atom. The average Bonchev–Trinajstić information content (AvgIpc) is 2.40. The van der Waals surface area contributed by atoms with E-state index in [1.165, 1.54) is 26.0 Å². The molecule has 106 valence electrons. The van der Waals surface area contributed by atoms with Gasteiger partial charge in [0.25, 0.3) is 0 Å². The molecule has 5 heteroatoms. The maximum absolute atomic E-state index is 14.0. The van der Waals surface area contributed by atoms with E-state index in [0.29, 0.717) is 16.3 Å². The zero-order chi connectivity index (χ0) is 13.8. The Morgan fingerprint density at radius 1 is 1.32 bits per heavy atom. The van der Waals surface area contributed by atoms with Crippen LogP contribution in [0.3, 0.4) is 0 Å². The SMILES string of the molecule is COc1c(F)cc(CC2CCCCN2)c(OC)c1Br. The zero-order valence-electron chi connectivity index (χ0n) is 11.3. The molecule has 1 heterocycles. The molecule has 1 fully saturated rings. The van der Waals surface area contributed by atoms with Crippen LogP contribution in [0.2, 0.25) is 0 Å². The molecule has 1 unspecified atom stereocenters. The van der Waals surface area contributed by atoms with Crippen LogP contribution in [0, 0.1) is 5.82 Å². The molecule has 0 spiro atoms. The van der Waals surface area contributed by atoms with Gasteiger partial charge in [-0.2, -0.15) is 0 Å². The van der Waals surface area contributed by atoms with Crippen LogP contribution in [0.1, 0.15) is 24.8 Å². The van der Waals surface area contributed by atoms with Crippen LogP contribution >= 0.6 is 15.9 Å². The summed E-state index contributed by atoms with van der Waals surface area (Å²) in [4.78, 5) is 0. The summed E-state index contributed by atoms with van der Waals surface area (Å²) in [5, 5.41) is 3.46. The van der Waals surface area contributed by atoms with Gasteiger partial charge in [0.15, 0.2) is 11.6 Å². The molecule has 2 rings (SSSR count). The Balaban J connectivity index is 2.28. The Bertz CT molecular complexity index is 448. The fourth-order valence-electron chi connectivity index (χ4n) is 2.56. The van der Waals surface area contributed by atoms with E-state index in [0.717, 1.165) is 24.9 Å². The highest BCUT2D eigenvalue weighted by Gasteiger charge is 2.21. The highest BCUT2D eigenvalue weighted by Crippen LogP contribution is 2.40. The molecule has 0 aliphatic carbocycles. The highest BCUT2D eigenvalue weighted by molar-refractivity contribution is 9.10. The molecule has 1 aromatic rings. The first kappa shape index (κ1) is 14.6. The average molecular weight is 332 g/mol. The van der Waals surface area contributed by atoms with E-state index in [1.54, 1.807) is 7.11 Å². The summed E-state index contributed by atoms with van der Waals surface area (Å²) in [7, 11) is 3.04. The van der Waals surface area contributed by atoms with Crippen molar-refractivity contribution in [2.45, 2.75) is 31.7 Å². The van der Waals surface area contributed by atoms with Crippen LogP contribution < -0.4 is 14.8 Å². The number of piperidine rings is 1. The Labute approximate surface area is 121 Å². The van der Waals surface area contributed by atoms with Crippen molar-refractivity contribution in [3.63, 3.8) is 0 Å². The van der Waals surface area contributed by atoms with Crippen LogP contribution in [0.25, 0.3) is 0 Å². The third kappa shape index (κ3) is 3.20. The van der Waals surface area contributed by atoms with Gasteiger partial charge >= 0.3 is 0 Å². The molecule has 0 saturated carbocycles. The largest absolute Gasteiger partial charge is 0.495 e. The van der Waals surface area contributed by atoms with Crippen molar-refractivity contribution < 1.29 is 13.9 Å². The van der Waals surface area contributed by atoms with E-state index in [9.17, 15) is 4.39 Å². The van der Waals surface area contributed by atoms with Crippen molar-refractivity contribution in [3.05, 3.63) is 21.9 Å². The van der Waals surface area contributed by atoms with Crippen molar-refractivity contribution in [3.8, 4) is 11.5 Å². The van der Waals surface area contributed by atoms with Gasteiger partial charge in [-0.05, 0) is 47.8 Å². The second-order valence-corrected chi connectivity index (χ2v) is 5.54. The second-order valence-electron chi connectivity index (χ2n) is 4.75. The number of benzene rings is 1. The number of rotatable bonds is 4. The Hall–Kier alpha value is -0.810. The summed E-state index contributed by atoms with van der Waals surface area (Å²) in [5.41, 5.74) is 0.868. The summed E-state index contributed by atoms with van der Waals surface area (Å²) >= 11 is 3.36. The minimum Gasteiger partial charge on any atom is -0.495 e. The molecule has 19 heavy (non-hydrogen) atoms. The zero-order valence-corrected chi connectivity index (χ0v) is 12.8. The van der Waals surface area contributed by atoms with E-state index in [4.69, 9.17) is 9.47 Å². The van der Waals surface area contributed by atoms with Crippen molar-refractivity contribution in [2.75, 3.05) is 20.8 Å². The van der Waals surface area contributed by atoms with E-state index in [-0.39, 0.29) is 11.6 Å². The normalized spacial score (nSPS) is 19.3. The molecule has 3 nitrogen and oxygen atoms in total. The number of methoxy groups -OCH3 is 2. The van der Waals surface area contributed by atoms with Gasteiger partial charge in [-0.25, -0.2) is 4.39 Å². The lowest BCUT2D eigenvalue weighted by Crippen LogP contribution is -2.35. The number of ether oxygens (including phenoxy) is 2. The lowest BCUT2D eigenvalue weighted by Gasteiger charge is -2.24. The molecule has 0 amide bonds. The van der Waals surface area contributed by atoms with Gasteiger partial charge in [-0.1, -0.05) is 6.42 Å². The van der Waals surface area contributed by atoms with Gasteiger partial charge in [-0.3, -0.25) is 0 Å². The molecular weight excluding hydrogens is 313 g/mol. The van der Waals surface area contributed by atoms with Crippen LogP contribution in [0.15, 0.2) is 10.5 Å². The smallest absolute Gasteiger partial charge is 0.172 e. The molecule has 0 radical (unpaired) electrons. The molecular formula is C14H19BrFNO2. The lowest BCUT2D eigenvalue weighted by molar-refractivity contribution is 0.359. The van der Waals surface area contributed by atoms with Crippen LogP contribution in [-0.4, -0.2) is 26.8 Å². The third-order valence-electron chi connectivity index (χ3n) is 3.50. The van der Waals surface area contributed by atoms with Crippen molar-refractivity contribution in [1.82, 2.24) is 5.32 Å². The first-order valence-corrected chi connectivity index (χ1v) is 7.29. The first-order valence-electron chi connectivity index (χ1n) is 6.49. The van der Waals surface area contributed by atoms with Crippen molar-refractivity contribution >= 4 is 15.9 Å². The lowest BCUT2D eigenvalue weighted by atomic mass is 9.97. The second kappa shape index (κ2) is 6.57. The summed E-state index contributed by atoms with van der Waals surface area (Å²) in [5.74, 6) is 0.490. The molecule has 1 atom stereocenters. The van der Waals surface area contributed by atoms with Crippen LogP contribution in [0.4, 0.5) is 4.39 Å². The van der Waals surface area contributed by atoms with Crippen LogP contribution in [-0.2, 0) is 6.42 Å². The first-order chi connectivity index (χ1) is 9.17. The minimum atomic E-state index is -0.360. The molecule has 1 aromatic carbocycles.